The molecule has 0 aliphatic carbocycles. The van der Waals surface area contributed by atoms with E-state index in [1.54, 1.807) is 6.08 Å². The quantitative estimate of drug-likeness (QED) is 0.635. The molecule has 1 heterocycles. The first-order valence-electron chi connectivity index (χ1n) is 8.13. The van der Waals surface area contributed by atoms with Gasteiger partial charge >= 0.3 is 0 Å². The normalized spacial score (nSPS) is 15.8. The molecule has 3 rings (SSSR count). The number of hydrogen-bond donors (Lipinski definition) is 0. The van der Waals surface area contributed by atoms with E-state index < -0.39 is 0 Å². The van der Waals surface area contributed by atoms with Gasteiger partial charge in [-0.1, -0.05) is 35.9 Å². The summed E-state index contributed by atoms with van der Waals surface area (Å²) in [5.74, 6) is -0.241. The lowest BCUT2D eigenvalue weighted by molar-refractivity contribution is -0.123. The van der Waals surface area contributed by atoms with E-state index in [1.807, 2.05) is 68.4 Å². The predicted molar refractivity (Wildman–Crippen MR) is 111 cm³/mol. The maximum atomic E-state index is 12.7. The Morgan fingerprint density at radius 1 is 1.15 bits per heavy atom. The van der Waals surface area contributed by atoms with Gasteiger partial charge in [0.15, 0.2) is 0 Å². The molecular formula is C20H19BrN2O2S. The fourth-order valence-electron chi connectivity index (χ4n) is 2.76. The monoisotopic (exact) mass is 430 g/mol. The van der Waals surface area contributed by atoms with Gasteiger partial charge in [-0.05, 0) is 64.0 Å². The molecule has 0 N–H and O–H groups in total. The summed E-state index contributed by atoms with van der Waals surface area (Å²) in [4.78, 5) is 28.7. The molecule has 2 aromatic rings. The maximum absolute atomic E-state index is 12.7. The number of amides is 2. The molecular weight excluding hydrogens is 412 g/mol. The first-order chi connectivity index (χ1) is 12.3. The van der Waals surface area contributed by atoms with Crippen molar-refractivity contribution in [3.05, 3.63) is 68.5 Å². The van der Waals surface area contributed by atoms with E-state index in [0.29, 0.717) is 11.4 Å². The second-order valence-corrected chi connectivity index (χ2v) is 8.21. The molecule has 0 aromatic heterocycles. The fourth-order valence-corrected chi connectivity index (χ4v) is 4.35. The van der Waals surface area contributed by atoms with Gasteiger partial charge in [-0.3, -0.25) is 14.5 Å². The van der Waals surface area contributed by atoms with Crippen LogP contribution in [0.4, 0.5) is 10.5 Å². The molecule has 4 nitrogen and oxygen atoms in total. The molecule has 1 saturated heterocycles. The van der Waals surface area contributed by atoms with Gasteiger partial charge < -0.3 is 4.90 Å². The van der Waals surface area contributed by atoms with Crippen LogP contribution >= 0.6 is 27.7 Å². The van der Waals surface area contributed by atoms with Crippen LogP contribution in [-0.2, 0) is 11.3 Å². The van der Waals surface area contributed by atoms with Gasteiger partial charge in [0.25, 0.3) is 11.1 Å². The van der Waals surface area contributed by atoms with Gasteiger partial charge in [-0.25, -0.2) is 0 Å². The molecule has 0 unspecified atom stereocenters. The molecule has 0 atom stereocenters. The fraction of sp³-hybridized carbons (Fsp3) is 0.200. The Kier molecular flexibility index (Phi) is 5.53. The van der Waals surface area contributed by atoms with Gasteiger partial charge in [0.1, 0.15) is 0 Å². The van der Waals surface area contributed by atoms with Crippen LogP contribution in [0.1, 0.15) is 16.7 Å². The molecule has 26 heavy (non-hydrogen) atoms. The largest absolute Gasteiger partial charge is 0.377 e. The van der Waals surface area contributed by atoms with E-state index in [0.717, 1.165) is 38.6 Å². The van der Waals surface area contributed by atoms with Crippen molar-refractivity contribution >= 4 is 50.6 Å². The van der Waals surface area contributed by atoms with E-state index >= 15 is 0 Å². The lowest BCUT2D eigenvalue weighted by Gasteiger charge is -2.14. The van der Waals surface area contributed by atoms with Gasteiger partial charge in [-0.2, -0.15) is 0 Å². The van der Waals surface area contributed by atoms with Crippen molar-refractivity contribution in [3.63, 3.8) is 0 Å². The van der Waals surface area contributed by atoms with Crippen LogP contribution in [0.3, 0.4) is 0 Å². The number of anilines is 1. The van der Waals surface area contributed by atoms with Crippen LogP contribution in [0.25, 0.3) is 6.08 Å². The second-order valence-electron chi connectivity index (χ2n) is 6.36. The maximum Gasteiger partial charge on any atom is 0.293 e. The summed E-state index contributed by atoms with van der Waals surface area (Å²) in [6.07, 6.45) is 1.77. The molecule has 2 aromatic carbocycles. The average Bonchev–Trinajstić information content (AvgIpc) is 2.82. The molecule has 6 heteroatoms. The molecule has 1 aliphatic heterocycles. The first-order valence-corrected chi connectivity index (χ1v) is 9.74. The summed E-state index contributed by atoms with van der Waals surface area (Å²) in [7, 11) is 3.94. The summed E-state index contributed by atoms with van der Waals surface area (Å²) in [6.45, 7) is 2.29. The van der Waals surface area contributed by atoms with Crippen LogP contribution in [-0.4, -0.2) is 30.1 Å². The average molecular weight is 431 g/mol. The predicted octanol–water partition coefficient (Wildman–Crippen LogP) is 5.06. The van der Waals surface area contributed by atoms with Crippen molar-refractivity contribution in [2.45, 2.75) is 13.5 Å². The number of benzene rings is 2. The zero-order valence-corrected chi connectivity index (χ0v) is 17.2. The molecule has 0 radical (unpaired) electrons. The summed E-state index contributed by atoms with van der Waals surface area (Å²) in [6, 6.07) is 13.7. The molecule has 2 amide bonds. The van der Waals surface area contributed by atoms with Crippen LogP contribution in [0.2, 0.25) is 0 Å². The molecule has 1 fully saturated rings. The number of thioether (sulfide) groups is 1. The van der Waals surface area contributed by atoms with E-state index in [4.69, 9.17) is 0 Å². The van der Waals surface area contributed by atoms with Gasteiger partial charge in [0, 0.05) is 18.6 Å². The highest BCUT2D eigenvalue weighted by molar-refractivity contribution is 9.10. The Labute approximate surface area is 166 Å². The van der Waals surface area contributed by atoms with E-state index in [-0.39, 0.29) is 11.1 Å². The van der Waals surface area contributed by atoms with Crippen molar-refractivity contribution in [1.82, 2.24) is 4.90 Å². The van der Waals surface area contributed by atoms with Crippen LogP contribution in [0.5, 0.6) is 0 Å². The van der Waals surface area contributed by atoms with Crippen molar-refractivity contribution in [1.29, 1.82) is 0 Å². The standard InChI is InChI=1S/C20H19BrN2O2S/c1-13-5-4-6-15(9-13)12-23-19(24)18(26-20(23)25)11-14-7-8-17(22(2)3)16(21)10-14/h4-11H,12H2,1-3H3/b18-11-. The molecule has 134 valence electrons. The highest BCUT2D eigenvalue weighted by Gasteiger charge is 2.34. The Hall–Kier alpha value is -2.05. The Morgan fingerprint density at radius 3 is 2.58 bits per heavy atom. The minimum absolute atomic E-state index is 0.230. The number of carbonyl (C=O) groups excluding carboxylic acids is 2. The third-order valence-corrected chi connectivity index (χ3v) is 5.59. The van der Waals surface area contributed by atoms with Gasteiger partial charge in [0.2, 0.25) is 0 Å². The SMILES string of the molecule is Cc1cccc(CN2C(=O)S/C(=C\c3ccc(N(C)C)c(Br)c3)C2=O)c1. The number of nitrogens with zero attached hydrogens (tertiary/aromatic N) is 2. The topological polar surface area (TPSA) is 40.6 Å². The molecule has 0 bridgehead atoms. The number of hydrogen-bond acceptors (Lipinski definition) is 4. The minimum atomic E-state index is -0.241. The Bertz CT molecular complexity index is 908. The highest BCUT2D eigenvalue weighted by Crippen LogP contribution is 2.34. The van der Waals surface area contributed by atoms with Crippen molar-refractivity contribution in [2.75, 3.05) is 19.0 Å². The summed E-state index contributed by atoms with van der Waals surface area (Å²) in [5.41, 5.74) is 3.99. The lowest BCUT2D eigenvalue weighted by Crippen LogP contribution is -2.27. The summed E-state index contributed by atoms with van der Waals surface area (Å²) in [5, 5.41) is -0.230. The number of halogens is 1. The molecule has 0 spiro atoms. The number of rotatable bonds is 4. The van der Waals surface area contributed by atoms with Crippen molar-refractivity contribution in [2.24, 2.45) is 0 Å². The van der Waals surface area contributed by atoms with Crippen LogP contribution in [0.15, 0.2) is 51.8 Å². The van der Waals surface area contributed by atoms with E-state index in [2.05, 4.69) is 15.9 Å². The minimum Gasteiger partial charge on any atom is -0.377 e. The molecule has 0 saturated carbocycles. The summed E-state index contributed by atoms with van der Waals surface area (Å²) >= 11 is 4.54. The zero-order valence-electron chi connectivity index (χ0n) is 14.8. The molecule has 1 aliphatic rings. The summed E-state index contributed by atoms with van der Waals surface area (Å²) < 4.78 is 0.940. The number of imide groups is 1. The Morgan fingerprint density at radius 2 is 1.92 bits per heavy atom. The smallest absolute Gasteiger partial charge is 0.293 e. The third-order valence-electron chi connectivity index (χ3n) is 4.05. The number of carbonyl (C=O) groups is 2. The Balaban J connectivity index is 1.82. The van der Waals surface area contributed by atoms with Gasteiger partial charge in [0.05, 0.1) is 17.1 Å². The van der Waals surface area contributed by atoms with Crippen LogP contribution in [0, 0.1) is 6.92 Å². The van der Waals surface area contributed by atoms with Crippen molar-refractivity contribution < 1.29 is 9.59 Å². The second kappa shape index (κ2) is 7.68. The number of aryl methyl sites for hydroxylation is 1. The van der Waals surface area contributed by atoms with Gasteiger partial charge in [-0.15, -0.1) is 0 Å². The van der Waals surface area contributed by atoms with E-state index in [1.165, 1.54) is 4.90 Å². The third kappa shape index (κ3) is 4.02. The first kappa shape index (κ1) is 18.7. The van der Waals surface area contributed by atoms with E-state index in [9.17, 15) is 9.59 Å². The van der Waals surface area contributed by atoms with Crippen LogP contribution < -0.4 is 4.90 Å². The highest BCUT2D eigenvalue weighted by atomic mass is 79.9. The zero-order chi connectivity index (χ0) is 18.8. The van der Waals surface area contributed by atoms with Crippen molar-refractivity contribution in [3.8, 4) is 0 Å². The lowest BCUT2D eigenvalue weighted by atomic mass is 10.1.